The molecule has 5 heteroatoms. The maximum absolute atomic E-state index is 13.8. The molecule has 106 valence electrons. The third-order valence-electron chi connectivity index (χ3n) is 3.17. The maximum Gasteiger partial charge on any atom is 0.248 e. The standard InChI is InChI=1S/C16H14FN3O/c1-10-14(17)6-13(16(19)21)7-15(10)20-9-12-4-2-3-11(5-12)8-18/h2-7,20H,9H2,1H3,(H2,19,21). The second-order valence-corrected chi connectivity index (χ2v) is 4.66. The number of nitrogens with zero attached hydrogens (tertiary/aromatic N) is 1. The number of nitriles is 1. The normalized spacial score (nSPS) is 9.95. The van der Waals surface area contributed by atoms with Gasteiger partial charge in [-0.15, -0.1) is 0 Å². The smallest absolute Gasteiger partial charge is 0.248 e. The number of primary amides is 1. The van der Waals surface area contributed by atoms with Crippen molar-refractivity contribution < 1.29 is 9.18 Å². The molecule has 4 nitrogen and oxygen atoms in total. The van der Waals surface area contributed by atoms with Gasteiger partial charge in [-0.3, -0.25) is 4.79 Å². The third kappa shape index (κ3) is 3.37. The molecule has 0 aliphatic heterocycles. The van der Waals surface area contributed by atoms with E-state index in [2.05, 4.69) is 11.4 Å². The van der Waals surface area contributed by atoms with E-state index < -0.39 is 11.7 Å². The molecule has 0 atom stereocenters. The van der Waals surface area contributed by atoms with Gasteiger partial charge in [0.15, 0.2) is 0 Å². The highest BCUT2D eigenvalue weighted by Crippen LogP contribution is 2.21. The number of carbonyl (C=O) groups excluding carboxylic acids is 1. The molecule has 2 aromatic carbocycles. The Morgan fingerprint density at radius 2 is 2.14 bits per heavy atom. The highest BCUT2D eigenvalue weighted by molar-refractivity contribution is 5.94. The van der Waals surface area contributed by atoms with Gasteiger partial charge in [0.1, 0.15) is 5.82 Å². The van der Waals surface area contributed by atoms with E-state index in [4.69, 9.17) is 11.0 Å². The number of benzene rings is 2. The molecule has 0 heterocycles. The zero-order valence-electron chi connectivity index (χ0n) is 11.5. The lowest BCUT2D eigenvalue weighted by molar-refractivity contribution is 0.1000. The summed E-state index contributed by atoms with van der Waals surface area (Å²) in [4.78, 5) is 11.2. The van der Waals surface area contributed by atoms with E-state index in [0.717, 1.165) is 11.6 Å². The molecule has 0 aromatic heterocycles. The summed E-state index contributed by atoms with van der Waals surface area (Å²) in [5, 5.41) is 11.9. The van der Waals surface area contributed by atoms with Gasteiger partial charge < -0.3 is 11.1 Å². The minimum Gasteiger partial charge on any atom is -0.381 e. The van der Waals surface area contributed by atoms with Crippen molar-refractivity contribution in [3.63, 3.8) is 0 Å². The zero-order chi connectivity index (χ0) is 15.4. The highest BCUT2D eigenvalue weighted by Gasteiger charge is 2.10. The van der Waals surface area contributed by atoms with Crippen molar-refractivity contribution in [2.24, 2.45) is 5.73 Å². The topological polar surface area (TPSA) is 78.9 Å². The van der Waals surface area contributed by atoms with E-state index in [-0.39, 0.29) is 5.56 Å². The molecule has 0 spiro atoms. The van der Waals surface area contributed by atoms with Crippen molar-refractivity contribution in [2.75, 3.05) is 5.32 Å². The summed E-state index contributed by atoms with van der Waals surface area (Å²) in [5.41, 5.74) is 7.66. The molecule has 0 fully saturated rings. The molecule has 21 heavy (non-hydrogen) atoms. The minimum absolute atomic E-state index is 0.117. The van der Waals surface area contributed by atoms with Crippen molar-refractivity contribution in [1.82, 2.24) is 0 Å². The predicted molar refractivity (Wildman–Crippen MR) is 78.1 cm³/mol. The lowest BCUT2D eigenvalue weighted by Crippen LogP contribution is -2.13. The number of amides is 1. The van der Waals surface area contributed by atoms with E-state index in [1.807, 2.05) is 6.07 Å². The van der Waals surface area contributed by atoms with Gasteiger partial charge in [0.2, 0.25) is 5.91 Å². The Balaban J connectivity index is 2.23. The van der Waals surface area contributed by atoms with Crippen LogP contribution in [0.1, 0.15) is 27.0 Å². The number of halogens is 1. The van der Waals surface area contributed by atoms with Crippen LogP contribution in [0.2, 0.25) is 0 Å². The quantitative estimate of drug-likeness (QED) is 0.905. The summed E-state index contributed by atoms with van der Waals surface area (Å²) in [5.74, 6) is -1.16. The largest absolute Gasteiger partial charge is 0.381 e. The summed E-state index contributed by atoms with van der Waals surface area (Å²) in [6.07, 6.45) is 0. The van der Waals surface area contributed by atoms with Crippen LogP contribution in [0, 0.1) is 24.1 Å². The number of anilines is 1. The van der Waals surface area contributed by atoms with Crippen LogP contribution in [0.25, 0.3) is 0 Å². The van der Waals surface area contributed by atoms with Crippen LogP contribution in [0.15, 0.2) is 36.4 Å². The number of hydrogen-bond donors (Lipinski definition) is 2. The Morgan fingerprint density at radius 1 is 1.38 bits per heavy atom. The molecule has 0 aliphatic carbocycles. The van der Waals surface area contributed by atoms with E-state index in [0.29, 0.717) is 23.4 Å². The van der Waals surface area contributed by atoms with Crippen molar-refractivity contribution in [1.29, 1.82) is 5.26 Å². The van der Waals surface area contributed by atoms with E-state index in [1.54, 1.807) is 25.1 Å². The summed E-state index contributed by atoms with van der Waals surface area (Å²) < 4.78 is 13.8. The average molecular weight is 283 g/mol. The average Bonchev–Trinajstić information content (AvgIpc) is 2.48. The first-order chi connectivity index (χ1) is 10.0. The second kappa shape index (κ2) is 6.06. The Kier molecular flexibility index (Phi) is 4.19. The molecule has 0 aliphatic rings. The molecule has 2 aromatic rings. The molecular formula is C16H14FN3O. The van der Waals surface area contributed by atoms with Crippen LogP contribution in [0.3, 0.4) is 0 Å². The van der Waals surface area contributed by atoms with Crippen molar-refractivity contribution in [2.45, 2.75) is 13.5 Å². The number of nitrogens with one attached hydrogen (secondary N) is 1. The lowest BCUT2D eigenvalue weighted by atomic mass is 10.1. The third-order valence-corrected chi connectivity index (χ3v) is 3.17. The van der Waals surface area contributed by atoms with Gasteiger partial charge in [-0.2, -0.15) is 5.26 Å². The van der Waals surface area contributed by atoms with Crippen LogP contribution in [-0.2, 0) is 6.54 Å². The fraction of sp³-hybridized carbons (Fsp3) is 0.125. The van der Waals surface area contributed by atoms with Gasteiger partial charge >= 0.3 is 0 Å². The fourth-order valence-electron chi connectivity index (χ4n) is 1.95. The van der Waals surface area contributed by atoms with Gasteiger partial charge in [-0.25, -0.2) is 4.39 Å². The summed E-state index contributed by atoms with van der Waals surface area (Å²) in [6, 6.07) is 11.8. The molecular weight excluding hydrogens is 269 g/mol. The van der Waals surface area contributed by atoms with Gasteiger partial charge in [0.05, 0.1) is 11.6 Å². The SMILES string of the molecule is Cc1c(F)cc(C(N)=O)cc1NCc1cccc(C#N)c1. The van der Waals surface area contributed by atoms with Gasteiger partial charge in [-0.05, 0) is 36.8 Å². The Labute approximate surface area is 122 Å². The monoisotopic (exact) mass is 283 g/mol. The number of nitrogens with two attached hydrogens (primary N) is 1. The van der Waals surface area contributed by atoms with Crippen molar-refractivity contribution >= 4 is 11.6 Å². The Morgan fingerprint density at radius 3 is 2.81 bits per heavy atom. The number of carbonyl (C=O) groups is 1. The highest BCUT2D eigenvalue weighted by atomic mass is 19.1. The van der Waals surface area contributed by atoms with E-state index in [9.17, 15) is 9.18 Å². The van der Waals surface area contributed by atoms with E-state index >= 15 is 0 Å². The first-order valence-corrected chi connectivity index (χ1v) is 6.34. The van der Waals surface area contributed by atoms with Crippen LogP contribution in [-0.4, -0.2) is 5.91 Å². The molecule has 3 N–H and O–H groups in total. The minimum atomic E-state index is -0.677. The van der Waals surface area contributed by atoms with Crippen molar-refractivity contribution in [3.05, 3.63) is 64.5 Å². The molecule has 0 unspecified atom stereocenters. The first kappa shape index (κ1) is 14.5. The summed E-state index contributed by atoms with van der Waals surface area (Å²) in [6.45, 7) is 2.03. The molecule has 0 saturated heterocycles. The van der Waals surface area contributed by atoms with Crippen LogP contribution >= 0.6 is 0 Å². The zero-order valence-corrected chi connectivity index (χ0v) is 11.5. The van der Waals surface area contributed by atoms with Gasteiger partial charge in [0.25, 0.3) is 0 Å². The first-order valence-electron chi connectivity index (χ1n) is 6.34. The Bertz CT molecular complexity index is 735. The molecule has 1 amide bonds. The maximum atomic E-state index is 13.8. The van der Waals surface area contributed by atoms with Crippen LogP contribution < -0.4 is 11.1 Å². The molecule has 0 bridgehead atoms. The van der Waals surface area contributed by atoms with Crippen molar-refractivity contribution in [3.8, 4) is 6.07 Å². The summed E-state index contributed by atoms with van der Waals surface area (Å²) in [7, 11) is 0. The number of rotatable bonds is 4. The lowest BCUT2D eigenvalue weighted by Gasteiger charge is -2.12. The van der Waals surface area contributed by atoms with Gasteiger partial charge in [-0.1, -0.05) is 12.1 Å². The Hall–Kier alpha value is -2.87. The number of hydrogen-bond acceptors (Lipinski definition) is 3. The van der Waals surface area contributed by atoms with Gasteiger partial charge in [0, 0.05) is 23.4 Å². The molecule has 0 saturated carbocycles. The second-order valence-electron chi connectivity index (χ2n) is 4.66. The van der Waals surface area contributed by atoms with Crippen LogP contribution in [0.4, 0.5) is 10.1 Å². The van der Waals surface area contributed by atoms with E-state index in [1.165, 1.54) is 6.07 Å². The molecule has 0 radical (unpaired) electrons. The molecule has 2 rings (SSSR count). The summed E-state index contributed by atoms with van der Waals surface area (Å²) >= 11 is 0. The predicted octanol–water partition coefficient (Wildman–Crippen LogP) is 2.72. The fourth-order valence-corrected chi connectivity index (χ4v) is 1.95. The van der Waals surface area contributed by atoms with Crippen LogP contribution in [0.5, 0.6) is 0 Å².